The molecule has 2 aliphatic rings. The molecule has 1 aliphatic carbocycles. The second-order valence-corrected chi connectivity index (χ2v) is 10.4. The van der Waals surface area contributed by atoms with E-state index >= 15 is 0 Å². The van der Waals surface area contributed by atoms with Crippen LogP contribution < -0.4 is 0 Å². The molecule has 0 N–H and O–H groups in total. The summed E-state index contributed by atoms with van der Waals surface area (Å²) in [5.41, 5.74) is 1.28. The SMILES string of the molecule is Cc1ncoc1-c1nnc(SCCCN2C[C@H]3CC[C@@H](c4ccc(C(F)(F)F)cc4)[C@H]3C2)n1C. The van der Waals surface area contributed by atoms with Gasteiger partial charge in [-0.05, 0) is 68.2 Å². The summed E-state index contributed by atoms with van der Waals surface area (Å²) in [6, 6.07) is 5.83. The Morgan fingerprint density at radius 3 is 2.62 bits per heavy atom. The molecule has 1 aliphatic heterocycles. The first kappa shape index (κ1) is 23.4. The van der Waals surface area contributed by atoms with Crippen LogP contribution in [0, 0.1) is 18.8 Å². The van der Waals surface area contributed by atoms with Gasteiger partial charge in [0.1, 0.15) is 0 Å². The summed E-state index contributed by atoms with van der Waals surface area (Å²) in [6.45, 7) is 5.02. The lowest BCUT2D eigenvalue weighted by Gasteiger charge is -2.21. The highest BCUT2D eigenvalue weighted by molar-refractivity contribution is 7.99. The molecule has 2 fully saturated rings. The van der Waals surface area contributed by atoms with Crippen molar-refractivity contribution in [1.82, 2.24) is 24.6 Å². The van der Waals surface area contributed by atoms with Crippen molar-refractivity contribution in [3.8, 4) is 11.6 Å². The fourth-order valence-corrected chi connectivity index (χ4v) is 6.31. The van der Waals surface area contributed by atoms with E-state index in [2.05, 4.69) is 20.1 Å². The maximum Gasteiger partial charge on any atom is 0.416 e. The first-order valence-electron chi connectivity index (χ1n) is 11.6. The van der Waals surface area contributed by atoms with E-state index in [-0.39, 0.29) is 0 Å². The van der Waals surface area contributed by atoms with Crippen LogP contribution in [0.2, 0.25) is 0 Å². The lowest BCUT2D eigenvalue weighted by molar-refractivity contribution is -0.137. The second-order valence-electron chi connectivity index (χ2n) is 9.32. The average Bonchev–Trinajstić information content (AvgIpc) is 3.56. The monoisotopic (exact) mass is 491 g/mol. The molecule has 5 rings (SSSR count). The van der Waals surface area contributed by atoms with Crippen LogP contribution in [0.3, 0.4) is 0 Å². The largest absolute Gasteiger partial charge is 0.440 e. The van der Waals surface area contributed by atoms with Gasteiger partial charge < -0.3 is 13.9 Å². The van der Waals surface area contributed by atoms with Gasteiger partial charge in [-0.3, -0.25) is 0 Å². The zero-order chi connectivity index (χ0) is 23.9. The van der Waals surface area contributed by atoms with Crippen LogP contribution in [0.1, 0.15) is 42.0 Å². The van der Waals surface area contributed by atoms with Crippen molar-refractivity contribution in [1.29, 1.82) is 0 Å². The van der Waals surface area contributed by atoms with Gasteiger partial charge in [0.15, 0.2) is 17.3 Å². The molecule has 3 aromatic rings. The second kappa shape index (κ2) is 9.37. The molecule has 0 amide bonds. The quantitative estimate of drug-likeness (QED) is 0.326. The van der Waals surface area contributed by atoms with Crippen molar-refractivity contribution in [3.05, 3.63) is 47.5 Å². The number of likely N-dealkylation sites (tertiary alicyclic amines) is 1. The predicted octanol–water partition coefficient (Wildman–Crippen LogP) is 5.41. The molecule has 0 unspecified atom stereocenters. The Kier molecular flexibility index (Phi) is 6.45. The molecule has 3 heterocycles. The van der Waals surface area contributed by atoms with Gasteiger partial charge >= 0.3 is 6.18 Å². The van der Waals surface area contributed by atoms with E-state index in [1.807, 2.05) is 18.5 Å². The number of fused-ring (bicyclic) bond motifs is 1. The van der Waals surface area contributed by atoms with E-state index in [1.54, 1.807) is 23.9 Å². The number of hydrogen-bond donors (Lipinski definition) is 0. The summed E-state index contributed by atoms with van der Waals surface area (Å²) in [7, 11) is 1.93. The minimum absolute atomic E-state index is 0.364. The first-order valence-corrected chi connectivity index (χ1v) is 12.6. The normalized spacial score (nSPS) is 23.0. The number of alkyl halides is 3. The van der Waals surface area contributed by atoms with Crippen molar-refractivity contribution in [2.45, 2.75) is 43.4 Å². The third-order valence-electron chi connectivity index (χ3n) is 7.23. The highest BCUT2D eigenvalue weighted by Crippen LogP contribution is 2.47. The summed E-state index contributed by atoms with van der Waals surface area (Å²) in [4.78, 5) is 6.64. The number of aromatic nitrogens is 4. The van der Waals surface area contributed by atoms with Gasteiger partial charge in [0.05, 0.1) is 11.3 Å². The number of nitrogens with zero attached hydrogens (tertiary/aromatic N) is 5. The average molecular weight is 492 g/mol. The summed E-state index contributed by atoms with van der Waals surface area (Å²) in [5.74, 6) is 3.81. The highest BCUT2D eigenvalue weighted by atomic mass is 32.2. The van der Waals surface area contributed by atoms with Crippen molar-refractivity contribution >= 4 is 11.8 Å². The molecule has 34 heavy (non-hydrogen) atoms. The molecule has 0 bridgehead atoms. The fraction of sp³-hybridized carbons (Fsp3) is 0.542. The Labute approximate surface area is 200 Å². The van der Waals surface area contributed by atoms with Gasteiger partial charge in [-0.1, -0.05) is 23.9 Å². The number of rotatable bonds is 7. The summed E-state index contributed by atoms with van der Waals surface area (Å²) >= 11 is 1.69. The number of benzene rings is 1. The Bertz CT molecular complexity index is 1130. The van der Waals surface area contributed by atoms with Crippen molar-refractivity contribution in [2.75, 3.05) is 25.4 Å². The van der Waals surface area contributed by atoms with Gasteiger partial charge in [0.2, 0.25) is 5.82 Å². The molecule has 1 saturated carbocycles. The highest BCUT2D eigenvalue weighted by Gasteiger charge is 2.43. The molecule has 1 aromatic carbocycles. The lowest BCUT2D eigenvalue weighted by atomic mass is 9.86. The molecule has 0 spiro atoms. The fourth-order valence-electron chi connectivity index (χ4n) is 5.48. The van der Waals surface area contributed by atoms with Crippen LogP contribution in [0.4, 0.5) is 13.2 Å². The van der Waals surface area contributed by atoms with Crippen LogP contribution in [0.5, 0.6) is 0 Å². The molecule has 0 radical (unpaired) electrons. The molecule has 10 heteroatoms. The topological polar surface area (TPSA) is 60.0 Å². The van der Waals surface area contributed by atoms with E-state index in [0.29, 0.717) is 29.3 Å². The van der Waals surface area contributed by atoms with Crippen molar-refractivity contribution < 1.29 is 17.6 Å². The van der Waals surface area contributed by atoms with Gasteiger partial charge in [-0.2, -0.15) is 13.2 Å². The summed E-state index contributed by atoms with van der Waals surface area (Å²) in [5, 5.41) is 9.41. The van der Waals surface area contributed by atoms with Crippen molar-refractivity contribution in [3.63, 3.8) is 0 Å². The van der Waals surface area contributed by atoms with Gasteiger partial charge in [-0.25, -0.2) is 4.98 Å². The zero-order valence-corrected chi connectivity index (χ0v) is 20.1. The number of oxazole rings is 1. The smallest absolute Gasteiger partial charge is 0.416 e. The predicted molar refractivity (Wildman–Crippen MR) is 123 cm³/mol. The molecule has 3 atom stereocenters. The summed E-state index contributed by atoms with van der Waals surface area (Å²) in [6.07, 6.45) is 0.409. The summed E-state index contributed by atoms with van der Waals surface area (Å²) < 4.78 is 46.1. The van der Waals surface area contributed by atoms with E-state index in [4.69, 9.17) is 4.42 Å². The lowest BCUT2D eigenvalue weighted by Crippen LogP contribution is -2.24. The molecular weight excluding hydrogens is 463 g/mol. The van der Waals surface area contributed by atoms with Gasteiger partial charge in [-0.15, -0.1) is 10.2 Å². The molecule has 6 nitrogen and oxygen atoms in total. The van der Waals surface area contributed by atoms with Gasteiger partial charge in [0.25, 0.3) is 0 Å². The maximum absolute atomic E-state index is 12.9. The molecule has 2 aromatic heterocycles. The Morgan fingerprint density at radius 2 is 1.91 bits per heavy atom. The standard InChI is InChI=1S/C24H28F3N5OS/c1-15-21(33-14-28-15)22-29-30-23(31(22)2)34-11-3-10-32-12-17-6-9-19(20(17)13-32)16-4-7-18(8-5-16)24(25,26)27/h4-5,7-8,14,17,19-20H,3,6,9-13H2,1-2H3/t17-,19+,20+/m1/s1. The van der Waals surface area contributed by atoms with Crippen molar-refractivity contribution in [2.24, 2.45) is 18.9 Å². The minimum atomic E-state index is -4.28. The van der Waals surface area contributed by atoms with E-state index in [1.165, 1.54) is 18.5 Å². The molecular formula is C24H28F3N5OS. The van der Waals surface area contributed by atoms with E-state index in [0.717, 1.165) is 61.1 Å². The number of hydrogen-bond acceptors (Lipinski definition) is 6. The van der Waals surface area contributed by atoms with Crippen LogP contribution in [0.15, 0.2) is 40.2 Å². The number of aryl methyl sites for hydroxylation is 1. The zero-order valence-electron chi connectivity index (χ0n) is 19.3. The van der Waals surface area contributed by atoms with Crippen LogP contribution in [-0.4, -0.2) is 50.0 Å². The first-order chi connectivity index (χ1) is 16.3. The van der Waals surface area contributed by atoms with Crippen LogP contribution in [-0.2, 0) is 13.2 Å². The Balaban J connectivity index is 1.11. The van der Waals surface area contributed by atoms with Gasteiger partial charge in [0, 0.05) is 25.9 Å². The number of halogens is 3. The third kappa shape index (κ3) is 4.62. The Morgan fingerprint density at radius 1 is 1.12 bits per heavy atom. The van der Waals surface area contributed by atoms with E-state index in [9.17, 15) is 13.2 Å². The minimum Gasteiger partial charge on any atom is -0.440 e. The van der Waals surface area contributed by atoms with Crippen LogP contribution in [0.25, 0.3) is 11.6 Å². The third-order valence-corrected chi connectivity index (χ3v) is 8.34. The Hall–Kier alpha value is -2.33. The molecule has 182 valence electrons. The van der Waals surface area contributed by atoms with E-state index < -0.39 is 11.7 Å². The molecule has 1 saturated heterocycles. The number of thioether (sulfide) groups is 1. The maximum atomic E-state index is 12.9. The van der Waals surface area contributed by atoms with Crippen LogP contribution >= 0.6 is 11.8 Å².